The van der Waals surface area contributed by atoms with Crippen LogP contribution in [0.25, 0.3) is 22.6 Å². The number of carbonyl (C=O) groups excluding carboxylic acids is 1. The van der Waals surface area contributed by atoms with Crippen LogP contribution in [0.5, 0.6) is 0 Å². The van der Waals surface area contributed by atoms with E-state index in [1.54, 1.807) is 18.2 Å². The lowest BCUT2D eigenvalue weighted by Gasteiger charge is -2.01. The van der Waals surface area contributed by atoms with Crippen LogP contribution in [0.15, 0.2) is 57.4 Å². The first-order valence-corrected chi connectivity index (χ1v) is 8.20. The molecule has 0 aliphatic rings. The predicted molar refractivity (Wildman–Crippen MR) is 97.7 cm³/mol. The lowest BCUT2D eigenvalue weighted by molar-refractivity contribution is -0.402. The molecule has 10 heteroatoms. The SMILES string of the molecule is O=C(Nc1ccc2oc(-c3ccc(F)cc3Cl)nc2c1)c1ccc([N+](=O)[O-])o1. The second kappa shape index (κ2) is 6.78. The van der Waals surface area contributed by atoms with Crippen molar-refractivity contribution < 1.29 is 22.9 Å². The highest BCUT2D eigenvalue weighted by Gasteiger charge is 2.18. The van der Waals surface area contributed by atoms with Gasteiger partial charge in [-0.15, -0.1) is 0 Å². The molecule has 0 bridgehead atoms. The molecule has 0 aliphatic heterocycles. The van der Waals surface area contributed by atoms with Crippen LogP contribution in [0, 0.1) is 15.9 Å². The zero-order valence-electron chi connectivity index (χ0n) is 13.8. The van der Waals surface area contributed by atoms with Gasteiger partial charge in [-0.25, -0.2) is 9.37 Å². The third kappa shape index (κ3) is 3.30. The minimum absolute atomic E-state index is 0.152. The fourth-order valence-corrected chi connectivity index (χ4v) is 2.77. The van der Waals surface area contributed by atoms with E-state index in [1.807, 2.05) is 0 Å². The van der Waals surface area contributed by atoms with E-state index in [1.165, 1.54) is 18.2 Å². The molecule has 2 heterocycles. The van der Waals surface area contributed by atoms with Gasteiger partial charge in [0.25, 0.3) is 5.91 Å². The normalized spacial score (nSPS) is 10.9. The van der Waals surface area contributed by atoms with Gasteiger partial charge in [-0.2, -0.15) is 0 Å². The molecule has 2 aromatic carbocycles. The Balaban J connectivity index is 1.60. The smallest absolute Gasteiger partial charge is 0.433 e. The molecule has 0 unspecified atom stereocenters. The molecule has 0 atom stereocenters. The number of hydrogen-bond acceptors (Lipinski definition) is 6. The lowest BCUT2D eigenvalue weighted by atomic mass is 10.2. The molecule has 0 spiro atoms. The van der Waals surface area contributed by atoms with Crippen molar-refractivity contribution in [3.05, 3.63) is 75.2 Å². The Kier molecular flexibility index (Phi) is 4.28. The molecule has 0 saturated carbocycles. The lowest BCUT2D eigenvalue weighted by Crippen LogP contribution is -2.10. The summed E-state index contributed by atoms with van der Waals surface area (Å²) in [5.74, 6) is -1.67. The van der Waals surface area contributed by atoms with Crippen molar-refractivity contribution in [2.75, 3.05) is 5.32 Å². The summed E-state index contributed by atoms with van der Waals surface area (Å²) in [6.45, 7) is 0. The van der Waals surface area contributed by atoms with Gasteiger partial charge < -0.3 is 14.2 Å². The van der Waals surface area contributed by atoms with Gasteiger partial charge in [0.05, 0.1) is 16.7 Å². The number of carbonyl (C=O) groups is 1. The number of amides is 1. The minimum atomic E-state index is -0.736. The number of nitro groups is 1. The maximum Gasteiger partial charge on any atom is 0.433 e. The number of rotatable bonds is 4. The summed E-state index contributed by atoms with van der Waals surface area (Å²) in [6, 6.07) is 10.8. The van der Waals surface area contributed by atoms with Crippen LogP contribution in [0.3, 0.4) is 0 Å². The molecule has 0 radical (unpaired) electrons. The number of hydrogen-bond donors (Lipinski definition) is 1. The largest absolute Gasteiger partial charge is 0.436 e. The van der Waals surface area contributed by atoms with Gasteiger partial charge in [0, 0.05) is 5.69 Å². The number of anilines is 1. The third-order valence-electron chi connectivity index (χ3n) is 3.80. The summed E-state index contributed by atoms with van der Waals surface area (Å²) in [5, 5.41) is 13.3. The summed E-state index contributed by atoms with van der Waals surface area (Å²) in [5.41, 5.74) is 1.66. The molecule has 1 amide bonds. The molecule has 140 valence electrons. The maximum atomic E-state index is 13.2. The summed E-state index contributed by atoms with van der Waals surface area (Å²) < 4.78 is 23.7. The number of halogens is 2. The molecule has 0 aliphatic carbocycles. The summed E-state index contributed by atoms with van der Waals surface area (Å²) in [4.78, 5) is 26.4. The van der Waals surface area contributed by atoms with Crippen LogP contribution in [0.4, 0.5) is 16.0 Å². The molecule has 0 saturated heterocycles. The third-order valence-corrected chi connectivity index (χ3v) is 4.12. The van der Waals surface area contributed by atoms with Crippen molar-refractivity contribution in [1.29, 1.82) is 0 Å². The van der Waals surface area contributed by atoms with Crippen LogP contribution in [-0.4, -0.2) is 15.8 Å². The van der Waals surface area contributed by atoms with Gasteiger partial charge in [0.1, 0.15) is 16.3 Å². The predicted octanol–water partition coefficient (Wildman–Crippen LogP) is 5.04. The zero-order chi connectivity index (χ0) is 19.8. The monoisotopic (exact) mass is 401 g/mol. The average Bonchev–Trinajstić information content (AvgIpc) is 3.28. The number of aromatic nitrogens is 1. The van der Waals surface area contributed by atoms with E-state index in [2.05, 4.69) is 10.3 Å². The highest BCUT2D eigenvalue weighted by molar-refractivity contribution is 6.33. The van der Waals surface area contributed by atoms with E-state index >= 15 is 0 Å². The quantitative estimate of drug-likeness (QED) is 0.378. The Morgan fingerprint density at radius 2 is 1.96 bits per heavy atom. The number of fused-ring (bicyclic) bond motifs is 1. The molecule has 0 fully saturated rings. The first-order valence-electron chi connectivity index (χ1n) is 7.82. The van der Waals surface area contributed by atoms with Crippen molar-refractivity contribution in [2.24, 2.45) is 0 Å². The molecule has 28 heavy (non-hydrogen) atoms. The van der Waals surface area contributed by atoms with Gasteiger partial charge in [0.2, 0.25) is 5.89 Å². The fourth-order valence-electron chi connectivity index (χ4n) is 2.52. The Hall–Kier alpha value is -3.72. The molecular weight excluding hydrogens is 393 g/mol. The van der Waals surface area contributed by atoms with Gasteiger partial charge in [-0.05, 0) is 42.5 Å². The van der Waals surface area contributed by atoms with Crippen molar-refractivity contribution in [3.63, 3.8) is 0 Å². The zero-order valence-corrected chi connectivity index (χ0v) is 14.6. The molecule has 8 nitrogen and oxygen atoms in total. The maximum absolute atomic E-state index is 13.2. The standard InChI is InChI=1S/C18H9ClFN3O5/c19-12-7-9(20)1-3-11(12)18-22-13-8-10(2-4-14(13)28-18)21-17(24)15-5-6-16(27-15)23(25)26/h1-8H,(H,21,24). The van der Waals surface area contributed by atoms with E-state index < -0.39 is 22.5 Å². The van der Waals surface area contributed by atoms with Crippen molar-refractivity contribution >= 4 is 40.2 Å². The summed E-state index contributed by atoms with van der Waals surface area (Å²) in [6.07, 6.45) is 0. The van der Waals surface area contributed by atoms with Crippen LogP contribution in [0.1, 0.15) is 10.6 Å². The second-order valence-corrected chi connectivity index (χ2v) is 6.08. The van der Waals surface area contributed by atoms with Crippen LogP contribution >= 0.6 is 11.6 Å². The van der Waals surface area contributed by atoms with Crippen LogP contribution in [-0.2, 0) is 0 Å². The van der Waals surface area contributed by atoms with E-state index in [-0.39, 0.29) is 16.7 Å². The number of benzene rings is 2. The van der Waals surface area contributed by atoms with Crippen molar-refractivity contribution in [3.8, 4) is 11.5 Å². The van der Waals surface area contributed by atoms with Gasteiger partial charge >= 0.3 is 5.88 Å². The molecular formula is C18H9ClFN3O5. The number of nitrogens with one attached hydrogen (secondary N) is 1. The van der Waals surface area contributed by atoms with E-state index in [0.717, 1.165) is 12.1 Å². The first-order chi connectivity index (χ1) is 13.4. The van der Waals surface area contributed by atoms with E-state index in [4.69, 9.17) is 20.4 Å². The Labute approximate surface area is 160 Å². The van der Waals surface area contributed by atoms with Crippen molar-refractivity contribution in [1.82, 2.24) is 4.98 Å². The summed E-state index contributed by atoms with van der Waals surface area (Å²) in [7, 11) is 0. The molecule has 2 aromatic heterocycles. The second-order valence-electron chi connectivity index (χ2n) is 5.67. The van der Waals surface area contributed by atoms with Crippen LogP contribution < -0.4 is 5.32 Å². The van der Waals surface area contributed by atoms with Crippen molar-refractivity contribution in [2.45, 2.75) is 0 Å². The minimum Gasteiger partial charge on any atom is -0.436 e. The molecule has 4 aromatic rings. The van der Waals surface area contributed by atoms with Gasteiger partial charge in [0.15, 0.2) is 11.3 Å². The highest BCUT2D eigenvalue weighted by Crippen LogP contribution is 2.31. The summed E-state index contributed by atoms with van der Waals surface area (Å²) >= 11 is 6.03. The average molecular weight is 402 g/mol. The Morgan fingerprint density at radius 1 is 1.14 bits per heavy atom. The van der Waals surface area contributed by atoms with Crippen LogP contribution in [0.2, 0.25) is 5.02 Å². The Bertz CT molecular complexity index is 1230. The topological polar surface area (TPSA) is 111 Å². The number of oxazole rings is 1. The first kappa shape index (κ1) is 17.7. The van der Waals surface area contributed by atoms with E-state index in [0.29, 0.717) is 22.4 Å². The number of nitrogens with zero attached hydrogens (tertiary/aromatic N) is 2. The molecule has 1 N–H and O–H groups in total. The fraction of sp³-hybridized carbons (Fsp3) is 0. The van der Waals surface area contributed by atoms with Gasteiger partial charge in [-0.3, -0.25) is 14.9 Å². The highest BCUT2D eigenvalue weighted by atomic mass is 35.5. The van der Waals surface area contributed by atoms with E-state index in [9.17, 15) is 19.3 Å². The molecule has 4 rings (SSSR count). The van der Waals surface area contributed by atoms with Gasteiger partial charge in [-0.1, -0.05) is 11.6 Å². The Morgan fingerprint density at radius 3 is 2.68 bits per heavy atom. The number of furan rings is 1.